The zero-order valence-electron chi connectivity index (χ0n) is 13.9. The van der Waals surface area contributed by atoms with Gasteiger partial charge < -0.3 is 10.0 Å². The van der Waals surface area contributed by atoms with Gasteiger partial charge in [-0.2, -0.15) is 0 Å². The van der Waals surface area contributed by atoms with Crippen LogP contribution in [0.2, 0.25) is 0 Å². The number of carbonyl (C=O) groups excluding carboxylic acids is 1. The smallest absolute Gasteiger partial charge is 0.326 e. The summed E-state index contributed by atoms with van der Waals surface area (Å²) in [6, 6.07) is 10.5. The second kappa shape index (κ2) is 6.31. The maximum Gasteiger partial charge on any atom is 0.326 e. The lowest BCUT2D eigenvalue weighted by Gasteiger charge is -2.34. The van der Waals surface area contributed by atoms with Crippen LogP contribution in [-0.2, 0) is 17.8 Å². The molecule has 2 aliphatic rings. The molecule has 25 heavy (non-hydrogen) atoms. The van der Waals surface area contributed by atoms with E-state index in [0.29, 0.717) is 24.4 Å². The average molecular weight is 336 g/mol. The summed E-state index contributed by atoms with van der Waals surface area (Å²) in [5.41, 5.74) is 3.49. The number of nitrogens with zero attached hydrogens (tertiary/aromatic N) is 2. The molecule has 5 nitrogen and oxygen atoms in total. The van der Waals surface area contributed by atoms with Gasteiger partial charge in [-0.15, -0.1) is 0 Å². The first-order valence-electron chi connectivity index (χ1n) is 8.70. The highest BCUT2D eigenvalue weighted by atomic mass is 16.4. The minimum Gasteiger partial charge on any atom is -0.480 e. The first-order valence-corrected chi connectivity index (χ1v) is 8.70. The molecule has 1 aliphatic heterocycles. The number of aliphatic carboxylic acids is 1. The Bertz CT molecular complexity index is 812. The molecule has 1 aromatic carbocycles. The van der Waals surface area contributed by atoms with E-state index in [0.717, 1.165) is 29.7 Å². The van der Waals surface area contributed by atoms with Crippen LogP contribution in [0.5, 0.6) is 0 Å². The van der Waals surface area contributed by atoms with Crippen LogP contribution in [0.25, 0.3) is 0 Å². The molecule has 0 bridgehead atoms. The first kappa shape index (κ1) is 15.8. The number of amides is 1. The zero-order chi connectivity index (χ0) is 17.4. The van der Waals surface area contributed by atoms with Gasteiger partial charge in [0.05, 0.1) is 5.56 Å². The maximum absolute atomic E-state index is 12.9. The van der Waals surface area contributed by atoms with Gasteiger partial charge in [-0.25, -0.2) is 4.79 Å². The minimum atomic E-state index is -0.970. The molecule has 2 aromatic rings. The van der Waals surface area contributed by atoms with Crippen LogP contribution in [0.3, 0.4) is 0 Å². The molecule has 5 heteroatoms. The van der Waals surface area contributed by atoms with E-state index in [1.807, 2.05) is 30.3 Å². The predicted octanol–water partition coefficient (Wildman–Crippen LogP) is 3.00. The Labute approximate surface area is 146 Å². The van der Waals surface area contributed by atoms with Gasteiger partial charge in [0.25, 0.3) is 5.91 Å². The van der Waals surface area contributed by atoms with Crippen molar-refractivity contribution in [2.45, 2.75) is 44.2 Å². The van der Waals surface area contributed by atoms with Crippen molar-refractivity contribution in [1.82, 2.24) is 9.88 Å². The van der Waals surface area contributed by atoms with Crippen LogP contribution in [0.4, 0.5) is 0 Å². The van der Waals surface area contributed by atoms with Gasteiger partial charge in [-0.3, -0.25) is 9.78 Å². The number of rotatable bonds is 3. The second-order valence-corrected chi connectivity index (χ2v) is 6.86. The molecule has 0 spiro atoms. The van der Waals surface area contributed by atoms with E-state index < -0.39 is 12.0 Å². The fraction of sp³-hybridized carbons (Fsp3) is 0.350. The monoisotopic (exact) mass is 336 g/mol. The average Bonchev–Trinajstić information content (AvgIpc) is 2.59. The third-order valence-electron chi connectivity index (χ3n) is 5.35. The van der Waals surface area contributed by atoms with Crippen molar-refractivity contribution >= 4 is 11.9 Å². The standard InChI is InChI=1S/C20H20N2O3/c23-19(15-8-9-17(21-11-15)13-6-3-7-13)22-12-16-5-2-1-4-14(16)10-18(22)20(24)25/h1-2,4-5,8-9,11,13,18H,3,6-7,10,12H2,(H,24,25). The molecule has 1 fully saturated rings. The Kier molecular flexibility index (Phi) is 3.99. The fourth-order valence-corrected chi connectivity index (χ4v) is 3.60. The number of hydrogen-bond donors (Lipinski definition) is 1. The number of carboxylic acid groups (broad SMARTS) is 1. The summed E-state index contributed by atoms with van der Waals surface area (Å²) in [6.45, 7) is 0.316. The molecule has 1 unspecified atom stereocenters. The highest BCUT2D eigenvalue weighted by Gasteiger charge is 2.35. The second-order valence-electron chi connectivity index (χ2n) is 6.86. The molecular weight excluding hydrogens is 316 g/mol. The van der Waals surface area contributed by atoms with Crippen LogP contribution in [0, 0.1) is 0 Å². The Morgan fingerprint density at radius 1 is 1.08 bits per heavy atom. The molecule has 1 amide bonds. The minimum absolute atomic E-state index is 0.269. The summed E-state index contributed by atoms with van der Waals surface area (Å²) in [5, 5.41) is 9.58. The molecule has 4 rings (SSSR count). The summed E-state index contributed by atoms with van der Waals surface area (Å²) in [4.78, 5) is 30.5. The van der Waals surface area contributed by atoms with Crippen molar-refractivity contribution in [2.24, 2.45) is 0 Å². The summed E-state index contributed by atoms with van der Waals surface area (Å²) >= 11 is 0. The van der Waals surface area contributed by atoms with Gasteiger partial charge in [0.1, 0.15) is 6.04 Å². The predicted molar refractivity (Wildman–Crippen MR) is 92.3 cm³/mol. The van der Waals surface area contributed by atoms with Gasteiger partial charge in [-0.05, 0) is 36.1 Å². The van der Waals surface area contributed by atoms with E-state index in [9.17, 15) is 14.7 Å². The molecule has 1 N–H and O–H groups in total. The molecule has 1 atom stereocenters. The number of hydrogen-bond acceptors (Lipinski definition) is 3. The van der Waals surface area contributed by atoms with Crippen LogP contribution in [-0.4, -0.2) is 32.9 Å². The van der Waals surface area contributed by atoms with E-state index in [1.54, 1.807) is 12.3 Å². The third kappa shape index (κ3) is 2.90. The highest BCUT2D eigenvalue weighted by molar-refractivity contribution is 5.96. The van der Waals surface area contributed by atoms with Gasteiger partial charge in [0, 0.05) is 30.8 Å². The number of pyridine rings is 1. The lowest BCUT2D eigenvalue weighted by molar-refractivity contribution is -0.142. The van der Waals surface area contributed by atoms with Crippen molar-refractivity contribution in [3.8, 4) is 0 Å². The molecule has 1 saturated carbocycles. The SMILES string of the molecule is O=C(O)C1Cc2ccccc2CN1C(=O)c1ccc(C2CCC2)nc1. The topological polar surface area (TPSA) is 70.5 Å². The van der Waals surface area contributed by atoms with Crippen LogP contribution < -0.4 is 0 Å². The Balaban J connectivity index is 1.60. The van der Waals surface area contributed by atoms with E-state index in [1.165, 1.54) is 11.3 Å². The third-order valence-corrected chi connectivity index (χ3v) is 5.35. The molecule has 0 radical (unpaired) electrons. The quantitative estimate of drug-likeness (QED) is 0.935. The first-order chi connectivity index (χ1) is 12.1. The van der Waals surface area contributed by atoms with Crippen LogP contribution >= 0.6 is 0 Å². The highest BCUT2D eigenvalue weighted by Crippen LogP contribution is 2.35. The van der Waals surface area contributed by atoms with Gasteiger partial charge in [0.2, 0.25) is 0 Å². The Morgan fingerprint density at radius 2 is 1.84 bits per heavy atom. The number of benzene rings is 1. The molecule has 128 valence electrons. The molecule has 1 aromatic heterocycles. The molecule has 0 saturated heterocycles. The number of fused-ring (bicyclic) bond motifs is 1. The number of carbonyl (C=O) groups is 2. The Morgan fingerprint density at radius 3 is 2.44 bits per heavy atom. The van der Waals surface area contributed by atoms with Crippen molar-refractivity contribution in [3.63, 3.8) is 0 Å². The summed E-state index contributed by atoms with van der Waals surface area (Å²) < 4.78 is 0. The van der Waals surface area contributed by atoms with E-state index in [-0.39, 0.29) is 5.91 Å². The lowest BCUT2D eigenvalue weighted by Crippen LogP contribution is -2.48. The summed E-state index contributed by atoms with van der Waals surface area (Å²) in [7, 11) is 0. The molecule has 1 aliphatic carbocycles. The van der Waals surface area contributed by atoms with E-state index >= 15 is 0 Å². The zero-order valence-corrected chi connectivity index (χ0v) is 13.9. The van der Waals surface area contributed by atoms with E-state index in [2.05, 4.69) is 4.98 Å². The number of aromatic nitrogens is 1. The maximum atomic E-state index is 12.9. The van der Waals surface area contributed by atoms with Gasteiger partial charge in [0.15, 0.2) is 0 Å². The van der Waals surface area contributed by atoms with Crippen LogP contribution in [0.15, 0.2) is 42.6 Å². The van der Waals surface area contributed by atoms with Crippen molar-refractivity contribution in [3.05, 3.63) is 65.0 Å². The molecular formula is C20H20N2O3. The van der Waals surface area contributed by atoms with Gasteiger partial charge in [-0.1, -0.05) is 30.7 Å². The van der Waals surface area contributed by atoms with Crippen molar-refractivity contribution in [1.29, 1.82) is 0 Å². The van der Waals surface area contributed by atoms with E-state index in [4.69, 9.17) is 0 Å². The Hall–Kier alpha value is -2.69. The normalized spacial score (nSPS) is 19.8. The van der Waals surface area contributed by atoms with Crippen molar-refractivity contribution < 1.29 is 14.7 Å². The fourth-order valence-electron chi connectivity index (χ4n) is 3.60. The van der Waals surface area contributed by atoms with Crippen molar-refractivity contribution in [2.75, 3.05) is 0 Å². The number of carboxylic acids is 1. The van der Waals surface area contributed by atoms with Crippen LogP contribution in [0.1, 0.15) is 52.4 Å². The molecule has 2 heterocycles. The summed E-state index contributed by atoms with van der Waals surface area (Å²) in [6.07, 6.45) is 5.48. The summed E-state index contributed by atoms with van der Waals surface area (Å²) in [5.74, 6) is -0.728. The lowest BCUT2D eigenvalue weighted by atomic mass is 9.82. The largest absolute Gasteiger partial charge is 0.480 e. The van der Waals surface area contributed by atoms with Gasteiger partial charge >= 0.3 is 5.97 Å².